The molecule has 2 aromatic heterocycles. The molecule has 1 atom stereocenters. The van der Waals surface area contributed by atoms with Crippen LogP contribution in [0.15, 0.2) is 41.7 Å². The molecule has 0 fully saturated rings. The lowest BCUT2D eigenvalue weighted by molar-refractivity contribution is 0.191. The first-order chi connectivity index (χ1) is 10.7. The Morgan fingerprint density at radius 2 is 2.09 bits per heavy atom. The van der Waals surface area contributed by atoms with Gasteiger partial charge in [-0.05, 0) is 31.2 Å². The number of thiophene rings is 1. The van der Waals surface area contributed by atoms with Crippen LogP contribution in [-0.4, -0.2) is 35.3 Å². The number of guanidine groups is 1. The van der Waals surface area contributed by atoms with Gasteiger partial charge in [-0.2, -0.15) is 0 Å². The van der Waals surface area contributed by atoms with Crippen molar-refractivity contribution in [2.45, 2.75) is 19.6 Å². The minimum atomic E-state index is -0.627. The Kier molecular flexibility index (Phi) is 9.61. The topological polar surface area (TPSA) is 61.6 Å². The molecule has 2 rings (SSSR count). The first-order valence-corrected chi connectivity index (χ1v) is 8.44. The van der Waals surface area contributed by atoms with Gasteiger partial charge < -0.3 is 20.3 Å². The summed E-state index contributed by atoms with van der Waals surface area (Å²) in [6.45, 7) is 4.71. The molecule has 5 nitrogen and oxygen atoms in total. The predicted octanol–water partition coefficient (Wildman–Crippen LogP) is 3.11. The normalized spacial score (nSPS) is 12.6. The maximum Gasteiger partial charge on any atom is 0.191 e. The van der Waals surface area contributed by atoms with E-state index in [9.17, 15) is 5.11 Å². The zero-order valence-electron chi connectivity index (χ0n) is 12.9. The highest BCUT2D eigenvalue weighted by atomic mass is 127. The van der Waals surface area contributed by atoms with Gasteiger partial charge in [0, 0.05) is 36.9 Å². The molecule has 1 unspecified atom stereocenters. The van der Waals surface area contributed by atoms with Crippen LogP contribution in [0.3, 0.4) is 0 Å². The molecule has 0 radical (unpaired) electrons. The van der Waals surface area contributed by atoms with E-state index in [-0.39, 0.29) is 24.0 Å². The number of rotatable bonds is 7. The number of hydrogen-bond acceptors (Lipinski definition) is 3. The van der Waals surface area contributed by atoms with Gasteiger partial charge in [0.2, 0.25) is 0 Å². The highest BCUT2D eigenvalue weighted by Crippen LogP contribution is 2.26. The first-order valence-electron chi connectivity index (χ1n) is 7.25. The Morgan fingerprint density at radius 1 is 1.35 bits per heavy atom. The molecule has 2 aromatic rings. The van der Waals surface area contributed by atoms with E-state index in [2.05, 4.69) is 20.2 Å². The van der Waals surface area contributed by atoms with Crippen LogP contribution in [0.25, 0.3) is 0 Å². The van der Waals surface area contributed by atoms with Crippen LogP contribution < -0.4 is 10.6 Å². The highest BCUT2D eigenvalue weighted by molar-refractivity contribution is 14.0. The second-order valence-electron chi connectivity index (χ2n) is 4.72. The fourth-order valence-corrected chi connectivity index (χ4v) is 2.98. The van der Waals surface area contributed by atoms with Crippen molar-refractivity contribution >= 4 is 52.9 Å². The first kappa shape index (κ1) is 20.3. The van der Waals surface area contributed by atoms with Crippen LogP contribution in [0.5, 0.6) is 0 Å². The molecular weight excluding hydrogens is 447 g/mol. The Bertz CT molecular complexity index is 588. The summed E-state index contributed by atoms with van der Waals surface area (Å²) in [5.74, 6) is 0.705. The van der Waals surface area contributed by atoms with Crippen molar-refractivity contribution in [3.8, 4) is 0 Å². The maximum absolute atomic E-state index is 10.1. The molecule has 0 bridgehead atoms. The van der Waals surface area contributed by atoms with Crippen molar-refractivity contribution in [3.63, 3.8) is 0 Å². The highest BCUT2D eigenvalue weighted by Gasteiger charge is 2.10. The van der Waals surface area contributed by atoms with Gasteiger partial charge in [-0.25, -0.2) is 0 Å². The van der Waals surface area contributed by atoms with E-state index in [1.54, 1.807) is 6.07 Å². The molecule has 0 saturated heterocycles. The Labute approximate surface area is 162 Å². The number of aliphatic hydroxyl groups is 1. The van der Waals surface area contributed by atoms with Crippen LogP contribution in [-0.2, 0) is 6.54 Å². The Hall–Kier alpha value is -0.770. The molecule has 8 heteroatoms. The Balaban J connectivity index is 0.00000264. The van der Waals surface area contributed by atoms with Gasteiger partial charge in [-0.15, -0.1) is 35.3 Å². The zero-order valence-corrected chi connectivity index (χ0v) is 16.8. The predicted molar refractivity (Wildman–Crippen MR) is 108 cm³/mol. The molecule has 0 aromatic carbocycles. The minimum Gasteiger partial charge on any atom is -0.386 e. The number of hydrogen-bond donors (Lipinski definition) is 3. The van der Waals surface area contributed by atoms with Gasteiger partial charge in [-0.1, -0.05) is 11.6 Å². The summed E-state index contributed by atoms with van der Waals surface area (Å²) in [4.78, 5) is 5.25. The van der Waals surface area contributed by atoms with Crippen molar-refractivity contribution < 1.29 is 5.11 Å². The van der Waals surface area contributed by atoms with Gasteiger partial charge in [-0.3, -0.25) is 4.99 Å². The quantitative estimate of drug-likeness (QED) is 0.332. The standard InChI is InChI=1S/C15H21ClN4OS.HI/c1-2-17-15(18-7-10-20-8-3-4-9-20)19-11-12(21)13-5-6-14(16)22-13;/h3-6,8-9,12,21H,2,7,10-11H2,1H3,(H2,17,18,19);1H. The van der Waals surface area contributed by atoms with Crippen molar-refractivity contribution in [1.29, 1.82) is 0 Å². The maximum atomic E-state index is 10.1. The summed E-state index contributed by atoms with van der Waals surface area (Å²) in [6, 6.07) is 7.62. The number of nitrogens with one attached hydrogen (secondary N) is 2. The van der Waals surface area contributed by atoms with Crippen LogP contribution in [0.2, 0.25) is 4.34 Å². The second kappa shape index (κ2) is 10.9. The summed E-state index contributed by atoms with van der Waals surface area (Å²) in [6.07, 6.45) is 3.42. The molecule has 0 aliphatic heterocycles. The molecule has 0 aliphatic carbocycles. The van der Waals surface area contributed by atoms with Crippen LogP contribution in [0, 0.1) is 0 Å². The lowest BCUT2D eigenvalue weighted by Gasteiger charge is -2.13. The molecule has 0 spiro atoms. The number of aliphatic hydroxyl groups excluding tert-OH is 1. The van der Waals surface area contributed by atoms with Crippen LogP contribution >= 0.6 is 46.9 Å². The van der Waals surface area contributed by atoms with Crippen molar-refractivity contribution in [2.24, 2.45) is 4.99 Å². The monoisotopic (exact) mass is 468 g/mol. The third-order valence-corrected chi connectivity index (χ3v) is 4.35. The van der Waals surface area contributed by atoms with E-state index in [0.29, 0.717) is 16.8 Å². The van der Waals surface area contributed by atoms with E-state index in [1.807, 2.05) is 37.5 Å². The summed E-state index contributed by atoms with van der Waals surface area (Å²) in [5, 5.41) is 16.5. The summed E-state index contributed by atoms with van der Waals surface area (Å²) >= 11 is 7.26. The van der Waals surface area contributed by atoms with Gasteiger partial charge >= 0.3 is 0 Å². The van der Waals surface area contributed by atoms with Crippen molar-refractivity contribution in [2.75, 3.05) is 19.6 Å². The Morgan fingerprint density at radius 3 is 2.70 bits per heavy atom. The van der Waals surface area contributed by atoms with E-state index < -0.39 is 6.10 Å². The summed E-state index contributed by atoms with van der Waals surface area (Å²) < 4.78 is 2.77. The smallest absolute Gasteiger partial charge is 0.191 e. The van der Waals surface area contributed by atoms with Gasteiger partial charge in [0.05, 0.1) is 10.9 Å². The lowest BCUT2D eigenvalue weighted by atomic mass is 10.3. The van der Waals surface area contributed by atoms with E-state index in [1.165, 1.54) is 11.3 Å². The van der Waals surface area contributed by atoms with E-state index in [0.717, 1.165) is 24.5 Å². The van der Waals surface area contributed by atoms with Crippen molar-refractivity contribution in [1.82, 2.24) is 15.2 Å². The SMILES string of the molecule is CCNC(=NCC(O)c1ccc(Cl)s1)NCCn1cccc1.I. The van der Waals surface area contributed by atoms with Gasteiger partial charge in [0.1, 0.15) is 6.10 Å². The average molecular weight is 469 g/mol. The van der Waals surface area contributed by atoms with E-state index >= 15 is 0 Å². The van der Waals surface area contributed by atoms with Crippen LogP contribution in [0.1, 0.15) is 17.9 Å². The average Bonchev–Trinajstić information content (AvgIpc) is 3.16. The molecule has 23 heavy (non-hydrogen) atoms. The third kappa shape index (κ3) is 7.11. The molecule has 0 amide bonds. The summed E-state index contributed by atoms with van der Waals surface area (Å²) in [5.41, 5.74) is 0. The molecule has 3 N–H and O–H groups in total. The molecule has 128 valence electrons. The molecular formula is C15H22ClIN4OS. The number of halogens is 2. The lowest BCUT2D eigenvalue weighted by Crippen LogP contribution is -2.39. The largest absolute Gasteiger partial charge is 0.386 e. The fourth-order valence-electron chi connectivity index (χ4n) is 1.94. The van der Waals surface area contributed by atoms with Crippen LogP contribution in [0.4, 0.5) is 0 Å². The third-order valence-electron chi connectivity index (χ3n) is 3.02. The number of aliphatic imine (C=N–C) groups is 1. The summed E-state index contributed by atoms with van der Waals surface area (Å²) in [7, 11) is 0. The zero-order chi connectivity index (χ0) is 15.8. The minimum absolute atomic E-state index is 0. The fraction of sp³-hybridized carbons (Fsp3) is 0.400. The van der Waals surface area contributed by atoms with Gasteiger partial charge in [0.15, 0.2) is 5.96 Å². The van der Waals surface area contributed by atoms with E-state index in [4.69, 9.17) is 11.6 Å². The van der Waals surface area contributed by atoms with Crippen molar-refractivity contribution in [3.05, 3.63) is 45.9 Å². The molecule has 0 aliphatic rings. The number of aromatic nitrogens is 1. The van der Waals surface area contributed by atoms with Gasteiger partial charge in [0.25, 0.3) is 0 Å². The molecule has 2 heterocycles. The number of nitrogens with zero attached hydrogens (tertiary/aromatic N) is 2. The second-order valence-corrected chi connectivity index (χ2v) is 6.47. The molecule has 0 saturated carbocycles.